The molecule has 0 unspecified atom stereocenters. The van der Waals surface area contributed by atoms with Crippen LogP contribution in [0.2, 0.25) is 0 Å². The first-order chi connectivity index (χ1) is 9.45. The third kappa shape index (κ3) is 3.82. The minimum Gasteiger partial charge on any atom is -0.445 e. The van der Waals surface area contributed by atoms with E-state index in [9.17, 15) is 4.79 Å². The smallest absolute Gasteiger partial charge is 0.237 e. The van der Waals surface area contributed by atoms with Crippen LogP contribution in [0.5, 0.6) is 0 Å². The molecule has 0 fully saturated rings. The summed E-state index contributed by atoms with van der Waals surface area (Å²) in [7, 11) is 3.82. The molecule has 1 aromatic rings. The largest absolute Gasteiger partial charge is 0.445 e. The van der Waals surface area contributed by atoms with E-state index in [1.165, 1.54) is 0 Å². The lowest BCUT2D eigenvalue weighted by Gasteiger charge is -2.26. The van der Waals surface area contributed by atoms with Crippen molar-refractivity contribution in [3.8, 4) is 0 Å². The topological polar surface area (TPSA) is 49.6 Å². The van der Waals surface area contributed by atoms with Crippen molar-refractivity contribution in [1.29, 1.82) is 0 Å². The van der Waals surface area contributed by atoms with Crippen molar-refractivity contribution in [1.82, 2.24) is 14.8 Å². The highest BCUT2D eigenvalue weighted by Gasteiger charge is 2.25. The summed E-state index contributed by atoms with van der Waals surface area (Å²) in [6.45, 7) is 6.17. The molecule has 0 saturated carbocycles. The van der Waals surface area contributed by atoms with Crippen LogP contribution in [0.15, 0.2) is 4.42 Å². The normalized spacial score (nSPS) is 15.0. The molecule has 5 heteroatoms. The zero-order valence-electron chi connectivity index (χ0n) is 13.0. The van der Waals surface area contributed by atoms with Crippen LogP contribution >= 0.6 is 0 Å². The van der Waals surface area contributed by atoms with Crippen LogP contribution < -0.4 is 0 Å². The highest BCUT2D eigenvalue weighted by Crippen LogP contribution is 2.21. The van der Waals surface area contributed by atoms with Crippen LogP contribution in [0, 0.1) is 5.92 Å². The number of hydrogen-bond acceptors (Lipinski definition) is 4. The molecule has 0 radical (unpaired) electrons. The average molecular weight is 279 g/mol. The number of likely N-dealkylation sites (N-methyl/N-ethyl adjacent to an activating group) is 1. The van der Waals surface area contributed by atoms with Crippen molar-refractivity contribution < 1.29 is 9.21 Å². The zero-order chi connectivity index (χ0) is 14.7. The maximum absolute atomic E-state index is 12.1. The van der Waals surface area contributed by atoms with E-state index < -0.39 is 0 Å². The number of fused-ring (bicyclic) bond motifs is 1. The minimum atomic E-state index is 0.160. The Morgan fingerprint density at radius 3 is 2.85 bits per heavy atom. The van der Waals surface area contributed by atoms with Crippen LogP contribution in [0.4, 0.5) is 0 Å². The molecule has 112 valence electrons. The van der Waals surface area contributed by atoms with Gasteiger partial charge in [0.25, 0.3) is 0 Å². The molecular weight excluding hydrogens is 254 g/mol. The van der Waals surface area contributed by atoms with Gasteiger partial charge in [0.05, 0.1) is 13.1 Å². The Labute approximate surface area is 121 Å². The summed E-state index contributed by atoms with van der Waals surface area (Å²) in [5, 5.41) is 0. The maximum atomic E-state index is 12.1. The van der Waals surface area contributed by atoms with Crippen molar-refractivity contribution >= 4 is 5.91 Å². The van der Waals surface area contributed by atoms with Crippen LogP contribution in [0.1, 0.15) is 37.6 Å². The summed E-state index contributed by atoms with van der Waals surface area (Å²) < 4.78 is 5.81. The van der Waals surface area contributed by atoms with Gasteiger partial charge in [0.15, 0.2) is 5.89 Å². The Morgan fingerprint density at radius 1 is 1.45 bits per heavy atom. The van der Waals surface area contributed by atoms with Crippen LogP contribution in [-0.2, 0) is 24.2 Å². The Hall–Kier alpha value is -1.36. The number of hydrogen-bond donors (Lipinski definition) is 0. The molecule has 0 atom stereocenters. The zero-order valence-corrected chi connectivity index (χ0v) is 13.0. The Kier molecular flexibility index (Phi) is 4.81. The number of nitrogens with zero attached hydrogens (tertiary/aromatic N) is 3. The molecule has 2 rings (SSSR count). The van der Waals surface area contributed by atoms with Gasteiger partial charge in [-0.05, 0) is 26.4 Å². The average Bonchev–Trinajstić information content (AvgIpc) is 2.77. The first-order valence-corrected chi connectivity index (χ1v) is 7.35. The van der Waals surface area contributed by atoms with E-state index in [0.717, 1.165) is 43.2 Å². The first-order valence-electron chi connectivity index (χ1n) is 7.35. The first kappa shape index (κ1) is 15.0. The van der Waals surface area contributed by atoms with Crippen molar-refractivity contribution in [3.63, 3.8) is 0 Å². The highest BCUT2D eigenvalue weighted by atomic mass is 16.4. The van der Waals surface area contributed by atoms with Gasteiger partial charge in [-0.25, -0.2) is 4.98 Å². The fraction of sp³-hybridized carbons (Fsp3) is 0.733. The number of aryl methyl sites for hydroxylation is 1. The van der Waals surface area contributed by atoms with Gasteiger partial charge in [0, 0.05) is 19.4 Å². The molecule has 1 aliphatic rings. The monoisotopic (exact) mass is 279 g/mol. The van der Waals surface area contributed by atoms with Crippen molar-refractivity contribution in [2.45, 2.75) is 39.7 Å². The van der Waals surface area contributed by atoms with Crippen molar-refractivity contribution in [3.05, 3.63) is 17.3 Å². The summed E-state index contributed by atoms with van der Waals surface area (Å²) in [5.74, 6) is 2.60. The van der Waals surface area contributed by atoms with Gasteiger partial charge in [-0.2, -0.15) is 0 Å². The molecule has 1 aromatic heterocycles. The lowest BCUT2D eigenvalue weighted by Crippen LogP contribution is -2.40. The molecule has 1 amide bonds. The highest BCUT2D eigenvalue weighted by molar-refractivity contribution is 5.78. The van der Waals surface area contributed by atoms with Crippen molar-refractivity contribution in [2.24, 2.45) is 5.92 Å². The summed E-state index contributed by atoms with van der Waals surface area (Å²) in [5.41, 5.74) is 0.946. The van der Waals surface area contributed by atoms with Crippen LogP contribution in [0.25, 0.3) is 0 Å². The predicted octanol–water partition coefficient (Wildman–Crippen LogP) is 1.71. The SMILES string of the molecule is CC(C)CCc1nc2c(o1)CCN(C(=O)CN(C)C)C2. The molecule has 0 aliphatic carbocycles. The van der Waals surface area contributed by atoms with E-state index in [1.54, 1.807) is 0 Å². The Morgan fingerprint density at radius 2 is 2.20 bits per heavy atom. The standard InChI is InChI=1S/C15H25N3O2/c1-11(2)5-6-14-16-12-9-18(8-7-13(12)20-14)15(19)10-17(3)4/h11H,5-10H2,1-4H3. The second-order valence-corrected chi connectivity index (χ2v) is 6.21. The molecule has 20 heavy (non-hydrogen) atoms. The second kappa shape index (κ2) is 6.39. The number of oxazole rings is 1. The fourth-order valence-electron chi connectivity index (χ4n) is 2.35. The molecular formula is C15H25N3O2. The second-order valence-electron chi connectivity index (χ2n) is 6.21. The maximum Gasteiger partial charge on any atom is 0.237 e. The molecule has 0 saturated heterocycles. The van der Waals surface area contributed by atoms with Gasteiger partial charge in [0.1, 0.15) is 11.5 Å². The Balaban J connectivity index is 1.97. The van der Waals surface area contributed by atoms with Gasteiger partial charge in [-0.1, -0.05) is 13.8 Å². The number of rotatable bonds is 5. The van der Waals surface area contributed by atoms with E-state index in [0.29, 0.717) is 19.0 Å². The molecule has 0 bridgehead atoms. The summed E-state index contributed by atoms with van der Waals surface area (Å²) in [6.07, 6.45) is 2.75. The summed E-state index contributed by atoms with van der Waals surface area (Å²) >= 11 is 0. The lowest BCUT2D eigenvalue weighted by molar-refractivity contribution is -0.132. The summed E-state index contributed by atoms with van der Waals surface area (Å²) in [4.78, 5) is 20.4. The van der Waals surface area contributed by atoms with Gasteiger partial charge >= 0.3 is 0 Å². The molecule has 0 spiro atoms. The van der Waals surface area contributed by atoms with Crippen LogP contribution in [0.3, 0.4) is 0 Å². The van der Waals surface area contributed by atoms with Gasteiger partial charge in [0.2, 0.25) is 5.91 Å². The lowest BCUT2D eigenvalue weighted by atomic mass is 10.1. The van der Waals surface area contributed by atoms with E-state index in [4.69, 9.17) is 4.42 Å². The molecule has 0 N–H and O–H groups in total. The van der Waals surface area contributed by atoms with Gasteiger partial charge < -0.3 is 14.2 Å². The number of carbonyl (C=O) groups excluding carboxylic acids is 1. The Bertz CT molecular complexity index is 466. The van der Waals surface area contributed by atoms with Gasteiger partial charge in [-0.3, -0.25) is 4.79 Å². The predicted molar refractivity (Wildman–Crippen MR) is 77.3 cm³/mol. The van der Waals surface area contributed by atoms with Crippen LogP contribution in [-0.4, -0.2) is 47.9 Å². The van der Waals surface area contributed by atoms with E-state index in [2.05, 4.69) is 18.8 Å². The van der Waals surface area contributed by atoms with Gasteiger partial charge in [-0.15, -0.1) is 0 Å². The molecule has 0 aromatic carbocycles. The summed E-state index contributed by atoms with van der Waals surface area (Å²) in [6, 6.07) is 0. The van der Waals surface area contributed by atoms with E-state index in [-0.39, 0.29) is 5.91 Å². The minimum absolute atomic E-state index is 0.160. The van der Waals surface area contributed by atoms with Crippen molar-refractivity contribution in [2.75, 3.05) is 27.2 Å². The number of aromatic nitrogens is 1. The third-order valence-corrected chi connectivity index (χ3v) is 3.51. The van der Waals surface area contributed by atoms with E-state index >= 15 is 0 Å². The molecule has 2 heterocycles. The number of carbonyl (C=O) groups is 1. The van der Waals surface area contributed by atoms with E-state index in [1.807, 2.05) is 23.9 Å². The fourth-order valence-corrected chi connectivity index (χ4v) is 2.35. The molecule has 1 aliphatic heterocycles. The third-order valence-electron chi connectivity index (χ3n) is 3.51. The quantitative estimate of drug-likeness (QED) is 0.823. The number of amides is 1. The molecule has 5 nitrogen and oxygen atoms in total.